The average molecular weight is 669 g/mol. The number of benzene rings is 6. The van der Waals surface area contributed by atoms with Gasteiger partial charge >= 0.3 is 0 Å². The summed E-state index contributed by atoms with van der Waals surface area (Å²) in [5.74, 6) is 1.85. The molecule has 6 aromatic rings. The van der Waals surface area contributed by atoms with Crippen molar-refractivity contribution >= 4 is 35.2 Å². The zero-order valence-electron chi connectivity index (χ0n) is 28.9. The molecule has 0 radical (unpaired) electrons. The van der Waals surface area contributed by atoms with Crippen molar-refractivity contribution in [3.8, 4) is 11.5 Å². The van der Waals surface area contributed by atoms with Crippen molar-refractivity contribution in [1.29, 1.82) is 0 Å². The lowest BCUT2D eigenvalue weighted by atomic mass is 9.78. The summed E-state index contributed by atoms with van der Waals surface area (Å²) >= 11 is 0. The second-order valence-electron chi connectivity index (χ2n) is 13.6. The summed E-state index contributed by atoms with van der Waals surface area (Å²) < 4.78 is 12.0. The molecule has 0 unspecified atom stereocenters. The van der Waals surface area contributed by atoms with Crippen LogP contribution in [-0.4, -0.2) is 25.9 Å². The molecule has 2 heterocycles. The Morgan fingerprint density at radius 2 is 0.922 bits per heavy atom. The van der Waals surface area contributed by atoms with Gasteiger partial charge in [0.2, 0.25) is 0 Å². The maximum Gasteiger partial charge on any atom is 0.161 e. The van der Waals surface area contributed by atoms with Gasteiger partial charge in [-0.3, -0.25) is 9.98 Å². The Morgan fingerprint density at radius 1 is 0.510 bits per heavy atom. The number of hydrogen-bond acceptors (Lipinski definition) is 6. The van der Waals surface area contributed by atoms with Crippen LogP contribution in [0.1, 0.15) is 47.2 Å². The number of hydrogen-bond donors (Lipinski definition) is 0. The van der Waals surface area contributed by atoms with Crippen LogP contribution in [0.3, 0.4) is 0 Å². The average Bonchev–Trinajstić information content (AvgIpc) is 3.19. The maximum absolute atomic E-state index is 6.02. The van der Waals surface area contributed by atoms with E-state index in [1.165, 1.54) is 11.1 Å². The molecule has 0 atom stereocenters. The molecule has 0 fully saturated rings. The van der Waals surface area contributed by atoms with Crippen LogP contribution < -0.4 is 19.3 Å². The number of rotatable bonds is 8. The highest BCUT2D eigenvalue weighted by Crippen LogP contribution is 2.34. The largest absolute Gasteiger partial charge is 0.473 e. The van der Waals surface area contributed by atoms with E-state index >= 15 is 0 Å². The van der Waals surface area contributed by atoms with Gasteiger partial charge in [0.25, 0.3) is 0 Å². The molecule has 0 aromatic heterocycles. The third kappa shape index (κ3) is 7.12. The summed E-state index contributed by atoms with van der Waals surface area (Å²) in [4.78, 5) is 14.0. The lowest BCUT2D eigenvalue weighted by Crippen LogP contribution is -2.31. The molecule has 2 aliphatic rings. The number of fused-ring (bicyclic) bond motifs is 2. The minimum atomic E-state index is -0.169. The highest BCUT2D eigenvalue weighted by Gasteiger charge is 2.23. The fraction of sp³-hybridized carbons (Fsp3) is 0.156. The third-order valence-corrected chi connectivity index (χ3v) is 9.80. The molecule has 0 aliphatic carbocycles. The van der Waals surface area contributed by atoms with Crippen LogP contribution in [-0.2, 0) is 18.5 Å². The number of aliphatic imine (C=N–C) groups is 2. The Kier molecular flexibility index (Phi) is 8.81. The Hall–Kier alpha value is -6.14. The van der Waals surface area contributed by atoms with Gasteiger partial charge in [0.1, 0.15) is 11.5 Å². The van der Waals surface area contributed by atoms with Gasteiger partial charge in [-0.15, -0.1) is 0 Å². The first-order chi connectivity index (χ1) is 25.0. The second-order valence-corrected chi connectivity index (χ2v) is 13.6. The standard InChI is InChI=1S/C45H40N4O2/c1-45(2,37-17-13-33(14-18-37)27-46-39-21-23-43-35(25-39)29-48(31-50-43)41-9-5-3-6-10-41)38-19-15-34(16-20-38)28-47-40-22-24-44-36(26-40)30-49(32-51-44)42-11-7-4-8-12-42/h3-28H,29-32H2,1-2H3. The summed E-state index contributed by atoms with van der Waals surface area (Å²) in [6.07, 6.45) is 3.86. The maximum atomic E-state index is 6.02. The first-order valence-corrected chi connectivity index (χ1v) is 17.4. The van der Waals surface area contributed by atoms with E-state index in [0.29, 0.717) is 13.5 Å². The SMILES string of the molecule is CC(C)(c1ccc(C=Nc2ccc3c(c2)CN(c2ccccc2)CO3)cc1)c1ccc(C=Nc2ccc3c(c2)CN(c2ccccc2)CO3)cc1. The van der Waals surface area contributed by atoms with Crippen LogP contribution in [0.4, 0.5) is 22.7 Å². The van der Waals surface area contributed by atoms with Gasteiger partial charge in [-0.05, 0) is 82.9 Å². The summed E-state index contributed by atoms with van der Waals surface area (Å²) in [6.45, 7) is 7.20. The molecule has 51 heavy (non-hydrogen) atoms. The molecule has 0 spiro atoms. The summed E-state index contributed by atoms with van der Waals surface area (Å²) in [7, 11) is 0. The predicted octanol–water partition coefficient (Wildman–Crippen LogP) is 10.2. The van der Waals surface area contributed by atoms with Crippen LogP contribution in [0.15, 0.2) is 156 Å². The summed E-state index contributed by atoms with van der Waals surface area (Å²) in [5.41, 5.74) is 10.8. The Morgan fingerprint density at radius 3 is 1.33 bits per heavy atom. The van der Waals surface area contributed by atoms with Gasteiger partial charge in [0.05, 0.1) is 11.4 Å². The van der Waals surface area contributed by atoms with E-state index in [1.807, 2.05) is 48.8 Å². The molecule has 0 N–H and O–H groups in total. The molecule has 0 amide bonds. The van der Waals surface area contributed by atoms with Crippen LogP contribution in [0, 0.1) is 0 Å². The van der Waals surface area contributed by atoms with Crippen molar-refractivity contribution in [3.05, 3.63) is 179 Å². The number of anilines is 2. The van der Waals surface area contributed by atoms with Crippen molar-refractivity contribution in [2.24, 2.45) is 9.98 Å². The lowest BCUT2D eigenvalue weighted by Gasteiger charge is -2.30. The molecule has 6 heteroatoms. The molecule has 0 bridgehead atoms. The Bertz CT molecular complexity index is 2020. The number of para-hydroxylation sites is 2. The minimum absolute atomic E-state index is 0.169. The van der Waals surface area contributed by atoms with E-state index in [4.69, 9.17) is 19.5 Å². The van der Waals surface area contributed by atoms with Gasteiger partial charge in [0, 0.05) is 53.4 Å². The highest BCUT2D eigenvalue weighted by molar-refractivity contribution is 5.83. The summed E-state index contributed by atoms with van der Waals surface area (Å²) in [5, 5.41) is 0. The van der Waals surface area contributed by atoms with E-state index < -0.39 is 0 Å². The van der Waals surface area contributed by atoms with Gasteiger partial charge in [-0.2, -0.15) is 0 Å². The Labute approximate surface area is 300 Å². The number of ether oxygens (including phenoxy) is 2. The lowest BCUT2D eigenvalue weighted by molar-refractivity contribution is 0.289. The molecule has 8 rings (SSSR count). The first kappa shape index (κ1) is 32.1. The normalized spacial score (nSPS) is 14.2. The van der Waals surface area contributed by atoms with E-state index in [9.17, 15) is 0 Å². The van der Waals surface area contributed by atoms with Crippen LogP contribution in [0.5, 0.6) is 11.5 Å². The predicted molar refractivity (Wildman–Crippen MR) is 209 cm³/mol. The monoisotopic (exact) mass is 668 g/mol. The van der Waals surface area contributed by atoms with Crippen molar-refractivity contribution < 1.29 is 9.47 Å². The molecule has 2 aliphatic heterocycles. The van der Waals surface area contributed by atoms with Crippen molar-refractivity contribution in [2.75, 3.05) is 23.3 Å². The fourth-order valence-corrected chi connectivity index (χ4v) is 6.66. The smallest absolute Gasteiger partial charge is 0.161 e. The highest BCUT2D eigenvalue weighted by atomic mass is 16.5. The molecular weight excluding hydrogens is 629 g/mol. The molecule has 6 aromatic carbocycles. The van der Waals surface area contributed by atoms with Crippen LogP contribution in [0.2, 0.25) is 0 Å². The molecule has 0 saturated heterocycles. The third-order valence-electron chi connectivity index (χ3n) is 9.80. The quantitative estimate of drug-likeness (QED) is 0.152. The van der Waals surface area contributed by atoms with E-state index in [-0.39, 0.29) is 5.41 Å². The summed E-state index contributed by atoms with van der Waals surface area (Å²) in [6, 6.07) is 50.4. The molecular formula is C45H40N4O2. The zero-order chi connectivity index (χ0) is 34.6. The van der Waals surface area contributed by atoms with Gasteiger partial charge < -0.3 is 19.3 Å². The van der Waals surface area contributed by atoms with Gasteiger partial charge in [0.15, 0.2) is 13.5 Å². The van der Waals surface area contributed by atoms with Gasteiger partial charge in [-0.1, -0.05) is 98.8 Å². The van der Waals surface area contributed by atoms with Crippen molar-refractivity contribution in [1.82, 2.24) is 0 Å². The van der Waals surface area contributed by atoms with Crippen LogP contribution >= 0.6 is 0 Å². The molecule has 6 nitrogen and oxygen atoms in total. The van der Waals surface area contributed by atoms with Crippen molar-refractivity contribution in [3.63, 3.8) is 0 Å². The fourth-order valence-electron chi connectivity index (χ4n) is 6.66. The van der Waals surface area contributed by atoms with E-state index in [2.05, 4.69) is 133 Å². The minimum Gasteiger partial charge on any atom is -0.473 e. The van der Waals surface area contributed by atoms with Crippen molar-refractivity contribution in [2.45, 2.75) is 32.4 Å². The zero-order valence-corrected chi connectivity index (χ0v) is 28.9. The first-order valence-electron chi connectivity index (χ1n) is 17.4. The second kappa shape index (κ2) is 14.0. The van der Waals surface area contributed by atoms with Crippen LogP contribution in [0.25, 0.3) is 0 Å². The van der Waals surface area contributed by atoms with Gasteiger partial charge in [-0.25, -0.2) is 0 Å². The van der Waals surface area contributed by atoms with E-state index in [1.54, 1.807) is 0 Å². The topological polar surface area (TPSA) is 49.7 Å². The Balaban J connectivity index is 0.904. The number of nitrogens with zero attached hydrogens (tertiary/aromatic N) is 4. The molecule has 0 saturated carbocycles. The van der Waals surface area contributed by atoms with E-state index in [0.717, 1.165) is 69.6 Å². The molecule has 252 valence electrons.